The fourth-order valence-electron chi connectivity index (χ4n) is 2.02. The van der Waals surface area contributed by atoms with E-state index in [9.17, 15) is 9.59 Å². The SMILES string of the molecule is Cc1nn2c(=O)cc(CSc3nnc(NC(=O)CC(C)C)s3)nc2s1. The van der Waals surface area contributed by atoms with Crippen molar-refractivity contribution in [3.05, 3.63) is 27.1 Å². The Morgan fingerprint density at radius 1 is 1.36 bits per heavy atom. The minimum absolute atomic E-state index is 0.0663. The van der Waals surface area contributed by atoms with Gasteiger partial charge in [0.25, 0.3) is 5.56 Å². The Labute approximate surface area is 155 Å². The smallest absolute Gasteiger partial charge is 0.275 e. The van der Waals surface area contributed by atoms with Gasteiger partial charge in [-0.2, -0.15) is 9.61 Å². The number of nitrogens with one attached hydrogen (secondary N) is 1. The van der Waals surface area contributed by atoms with Gasteiger partial charge in [0, 0.05) is 18.2 Å². The van der Waals surface area contributed by atoms with Crippen molar-refractivity contribution in [2.75, 3.05) is 5.32 Å². The van der Waals surface area contributed by atoms with Crippen LogP contribution in [-0.2, 0) is 10.5 Å². The molecular formula is C14H16N6O2S3. The van der Waals surface area contributed by atoms with Gasteiger partial charge in [0.15, 0.2) is 4.34 Å². The standard InChI is InChI=1S/C14H16N6O2S3/c1-7(2)4-10(21)16-12-17-18-14(25-12)23-6-9-5-11(22)20-13(15-9)24-8(3)19-20/h5,7H,4,6H2,1-3H3,(H,16,17,21). The number of fused-ring (bicyclic) bond motifs is 1. The van der Waals surface area contributed by atoms with Crippen molar-refractivity contribution in [3.8, 4) is 0 Å². The number of rotatable bonds is 6. The number of aromatic nitrogens is 5. The van der Waals surface area contributed by atoms with Crippen LogP contribution in [0.3, 0.4) is 0 Å². The lowest BCUT2D eigenvalue weighted by atomic mass is 10.1. The van der Waals surface area contributed by atoms with Crippen LogP contribution >= 0.6 is 34.4 Å². The lowest BCUT2D eigenvalue weighted by molar-refractivity contribution is -0.116. The van der Waals surface area contributed by atoms with E-state index in [4.69, 9.17) is 0 Å². The predicted molar refractivity (Wildman–Crippen MR) is 99.4 cm³/mol. The molecule has 132 valence electrons. The van der Waals surface area contributed by atoms with Gasteiger partial charge < -0.3 is 5.32 Å². The van der Waals surface area contributed by atoms with E-state index in [1.54, 1.807) is 0 Å². The largest absolute Gasteiger partial charge is 0.300 e. The zero-order valence-electron chi connectivity index (χ0n) is 13.8. The summed E-state index contributed by atoms with van der Waals surface area (Å²) in [5.41, 5.74) is 0.475. The highest BCUT2D eigenvalue weighted by atomic mass is 32.2. The van der Waals surface area contributed by atoms with Gasteiger partial charge in [-0.25, -0.2) is 4.98 Å². The summed E-state index contributed by atoms with van der Waals surface area (Å²) in [7, 11) is 0. The molecule has 0 aliphatic carbocycles. The quantitative estimate of drug-likeness (QED) is 0.504. The van der Waals surface area contributed by atoms with Crippen LogP contribution in [0.1, 0.15) is 31.0 Å². The molecule has 3 aromatic rings. The first-order valence-electron chi connectivity index (χ1n) is 7.53. The maximum atomic E-state index is 12.0. The zero-order valence-corrected chi connectivity index (χ0v) is 16.3. The van der Waals surface area contributed by atoms with Crippen LogP contribution in [0.15, 0.2) is 15.2 Å². The third-order valence-electron chi connectivity index (χ3n) is 2.99. The van der Waals surface area contributed by atoms with Gasteiger partial charge in [0.2, 0.25) is 16.0 Å². The van der Waals surface area contributed by atoms with Gasteiger partial charge in [-0.1, -0.05) is 48.3 Å². The van der Waals surface area contributed by atoms with Gasteiger partial charge in [-0.3, -0.25) is 9.59 Å². The number of thioether (sulfide) groups is 1. The van der Waals surface area contributed by atoms with E-state index in [0.29, 0.717) is 32.3 Å². The van der Waals surface area contributed by atoms with Crippen LogP contribution < -0.4 is 10.9 Å². The Morgan fingerprint density at radius 2 is 2.16 bits per heavy atom. The molecule has 8 nitrogen and oxygen atoms in total. The molecule has 11 heteroatoms. The van der Waals surface area contributed by atoms with Crippen molar-refractivity contribution in [2.45, 2.75) is 37.3 Å². The summed E-state index contributed by atoms with van der Waals surface area (Å²) in [4.78, 5) is 28.8. The Bertz CT molecular complexity index is 961. The summed E-state index contributed by atoms with van der Waals surface area (Å²) in [5.74, 6) is 0.720. The van der Waals surface area contributed by atoms with E-state index in [-0.39, 0.29) is 17.4 Å². The second-order valence-electron chi connectivity index (χ2n) is 5.71. The number of carbonyl (C=O) groups is 1. The first kappa shape index (κ1) is 18.0. The van der Waals surface area contributed by atoms with E-state index in [2.05, 4.69) is 25.6 Å². The molecule has 3 heterocycles. The first-order chi connectivity index (χ1) is 11.9. The topological polar surface area (TPSA) is 102 Å². The van der Waals surface area contributed by atoms with Crippen LogP contribution in [-0.4, -0.2) is 30.7 Å². The summed E-state index contributed by atoms with van der Waals surface area (Å²) < 4.78 is 2.02. The second-order valence-corrected chi connectivity index (χ2v) is 9.07. The molecule has 1 N–H and O–H groups in total. The first-order valence-corrected chi connectivity index (χ1v) is 10.1. The highest BCUT2D eigenvalue weighted by Gasteiger charge is 2.12. The number of hydrogen-bond donors (Lipinski definition) is 1. The minimum Gasteiger partial charge on any atom is -0.300 e. The van der Waals surface area contributed by atoms with E-state index in [0.717, 1.165) is 5.01 Å². The van der Waals surface area contributed by atoms with Gasteiger partial charge in [0.1, 0.15) is 5.01 Å². The molecule has 0 saturated heterocycles. The maximum absolute atomic E-state index is 12.0. The average molecular weight is 397 g/mol. The van der Waals surface area contributed by atoms with Gasteiger partial charge >= 0.3 is 0 Å². The third-order valence-corrected chi connectivity index (χ3v) is 5.82. The molecule has 25 heavy (non-hydrogen) atoms. The third kappa shape index (κ3) is 4.61. The van der Waals surface area contributed by atoms with Gasteiger partial charge in [-0.05, 0) is 12.8 Å². The Morgan fingerprint density at radius 3 is 2.92 bits per heavy atom. The Kier molecular flexibility index (Phi) is 5.45. The number of aryl methyl sites for hydroxylation is 1. The van der Waals surface area contributed by atoms with Crippen molar-refractivity contribution >= 4 is 50.4 Å². The van der Waals surface area contributed by atoms with E-state index < -0.39 is 0 Å². The lowest BCUT2D eigenvalue weighted by Crippen LogP contribution is -2.15. The molecule has 0 atom stereocenters. The van der Waals surface area contributed by atoms with Crippen LogP contribution in [0.5, 0.6) is 0 Å². The van der Waals surface area contributed by atoms with E-state index in [1.807, 2.05) is 20.8 Å². The molecule has 0 aliphatic rings. The number of hydrogen-bond acceptors (Lipinski definition) is 9. The Hall–Kier alpha value is -1.85. The minimum atomic E-state index is -0.191. The van der Waals surface area contributed by atoms with Crippen LogP contribution in [0, 0.1) is 12.8 Å². The summed E-state index contributed by atoms with van der Waals surface area (Å²) >= 11 is 4.11. The molecule has 3 aromatic heterocycles. The average Bonchev–Trinajstić information content (AvgIpc) is 3.10. The molecule has 0 aliphatic heterocycles. The monoisotopic (exact) mass is 396 g/mol. The molecule has 0 aromatic carbocycles. The second kappa shape index (κ2) is 7.58. The fraction of sp³-hybridized carbons (Fsp3) is 0.429. The maximum Gasteiger partial charge on any atom is 0.275 e. The Balaban J connectivity index is 1.64. The van der Waals surface area contributed by atoms with Crippen LogP contribution in [0.2, 0.25) is 0 Å². The fourth-order valence-corrected chi connectivity index (χ4v) is 4.45. The summed E-state index contributed by atoms with van der Waals surface area (Å²) in [6, 6.07) is 1.48. The van der Waals surface area contributed by atoms with Crippen molar-refractivity contribution < 1.29 is 4.79 Å². The molecule has 0 unspecified atom stereocenters. The van der Waals surface area contributed by atoms with Crippen molar-refractivity contribution in [1.82, 2.24) is 24.8 Å². The summed E-state index contributed by atoms with van der Waals surface area (Å²) in [5, 5.41) is 16.2. The van der Waals surface area contributed by atoms with Crippen molar-refractivity contribution in [3.63, 3.8) is 0 Å². The van der Waals surface area contributed by atoms with Gasteiger partial charge in [-0.15, -0.1) is 10.2 Å². The normalized spacial score (nSPS) is 11.4. The molecule has 0 radical (unpaired) electrons. The highest BCUT2D eigenvalue weighted by Crippen LogP contribution is 2.28. The van der Waals surface area contributed by atoms with E-state index >= 15 is 0 Å². The molecule has 0 fully saturated rings. The zero-order chi connectivity index (χ0) is 18.0. The number of amides is 1. The van der Waals surface area contributed by atoms with Gasteiger partial charge in [0.05, 0.1) is 5.69 Å². The number of anilines is 1. The molecule has 0 saturated carbocycles. The molecule has 0 bridgehead atoms. The summed E-state index contributed by atoms with van der Waals surface area (Å²) in [6.07, 6.45) is 0.449. The van der Waals surface area contributed by atoms with E-state index in [1.165, 1.54) is 45.0 Å². The van der Waals surface area contributed by atoms with Crippen LogP contribution in [0.4, 0.5) is 5.13 Å². The van der Waals surface area contributed by atoms with Crippen molar-refractivity contribution in [2.24, 2.45) is 5.92 Å². The van der Waals surface area contributed by atoms with Crippen molar-refractivity contribution in [1.29, 1.82) is 0 Å². The molecular weight excluding hydrogens is 380 g/mol. The molecule has 0 spiro atoms. The predicted octanol–water partition coefficient (Wildman–Crippen LogP) is 2.59. The number of carbonyl (C=O) groups excluding carboxylic acids is 1. The lowest BCUT2D eigenvalue weighted by Gasteiger charge is -2.02. The summed E-state index contributed by atoms with van der Waals surface area (Å²) in [6.45, 7) is 5.81. The number of nitrogens with zero attached hydrogens (tertiary/aromatic N) is 5. The van der Waals surface area contributed by atoms with Crippen LogP contribution in [0.25, 0.3) is 4.96 Å². The molecule has 1 amide bonds. The highest BCUT2D eigenvalue weighted by molar-refractivity contribution is 8.00. The molecule has 3 rings (SSSR count).